The molecule has 0 bridgehead atoms. The summed E-state index contributed by atoms with van der Waals surface area (Å²) in [6, 6.07) is 3.40. The van der Waals surface area contributed by atoms with Crippen LogP contribution in [0.2, 0.25) is 0 Å². The molecule has 1 amide bonds. The van der Waals surface area contributed by atoms with Crippen molar-refractivity contribution in [2.75, 3.05) is 65.4 Å². The van der Waals surface area contributed by atoms with E-state index in [2.05, 4.69) is 9.80 Å². The molecule has 162 valence electrons. The van der Waals surface area contributed by atoms with Crippen LogP contribution in [0.3, 0.4) is 0 Å². The van der Waals surface area contributed by atoms with Crippen molar-refractivity contribution in [1.29, 1.82) is 0 Å². The Morgan fingerprint density at radius 2 is 1.66 bits per heavy atom. The van der Waals surface area contributed by atoms with E-state index < -0.39 is 10.0 Å². The number of carbonyl (C=O) groups is 1. The van der Waals surface area contributed by atoms with Gasteiger partial charge in [-0.05, 0) is 50.2 Å². The van der Waals surface area contributed by atoms with E-state index in [-0.39, 0.29) is 11.8 Å². The van der Waals surface area contributed by atoms with Crippen LogP contribution in [-0.4, -0.2) is 98.8 Å². The van der Waals surface area contributed by atoms with Crippen LogP contribution >= 0.6 is 11.3 Å². The van der Waals surface area contributed by atoms with Crippen molar-refractivity contribution in [1.82, 2.24) is 19.0 Å². The van der Waals surface area contributed by atoms with Crippen molar-refractivity contribution >= 4 is 27.3 Å². The Kier molecular flexibility index (Phi) is 6.91. The summed E-state index contributed by atoms with van der Waals surface area (Å²) in [7, 11) is -3.47. The van der Waals surface area contributed by atoms with Gasteiger partial charge in [-0.15, -0.1) is 11.3 Å². The van der Waals surface area contributed by atoms with Gasteiger partial charge in [-0.1, -0.05) is 6.07 Å². The lowest BCUT2D eigenvalue weighted by molar-refractivity contribution is -0.138. The second kappa shape index (κ2) is 9.43. The number of rotatable bonds is 6. The van der Waals surface area contributed by atoms with Crippen molar-refractivity contribution in [2.24, 2.45) is 5.92 Å². The Morgan fingerprint density at radius 1 is 0.966 bits per heavy atom. The van der Waals surface area contributed by atoms with Crippen LogP contribution in [0.4, 0.5) is 0 Å². The maximum absolute atomic E-state index is 13.1. The first-order chi connectivity index (χ1) is 14.0. The van der Waals surface area contributed by atoms with E-state index >= 15 is 0 Å². The van der Waals surface area contributed by atoms with Crippen LogP contribution in [0.1, 0.15) is 25.7 Å². The topological polar surface area (TPSA) is 64.2 Å². The van der Waals surface area contributed by atoms with E-state index in [9.17, 15) is 13.2 Å². The fraction of sp³-hybridized carbons (Fsp3) is 0.750. The summed E-state index contributed by atoms with van der Waals surface area (Å²) in [6.07, 6.45) is 4.17. The number of likely N-dealkylation sites (tertiary alicyclic amines) is 1. The van der Waals surface area contributed by atoms with Crippen molar-refractivity contribution < 1.29 is 13.2 Å². The van der Waals surface area contributed by atoms with Gasteiger partial charge in [-0.2, -0.15) is 4.31 Å². The number of piperidine rings is 1. The first-order valence-corrected chi connectivity index (χ1v) is 13.1. The summed E-state index contributed by atoms with van der Waals surface area (Å²) in [4.78, 5) is 20.0. The quantitative estimate of drug-likeness (QED) is 0.669. The summed E-state index contributed by atoms with van der Waals surface area (Å²) >= 11 is 1.24. The minimum absolute atomic E-state index is 0.135. The Morgan fingerprint density at radius 3 is 2.31 bits per heavy atom. The van der Waals surface area contributed by atoms with Gasteiger partial charge in [0.15, 0.2) is 0 Å². The maximum atomic E-state index is 13.1. The van der Waals surface area contributed by atoms with E-state index in [1.807, 2.05) is 4.90 Å². The van der Waals surface area contributed by atoms with Gasteiger partial charge in [0.1, 0.15) is 4.21 Å². The van der Waals surface area contributed by atoms with Gasteiger partial charge in [0.25, 0.3) is 10.0 Å². The zero-order valence-electron chi connectivity index (χ0n) is 17.0. The summed E-state index contributed by atoms with van der Waals surface area (Å²) in [5.41, 5.74) is 0. The molecule has 0 N–H and O–H groups in total. The smallest absolute Gasteiger partial charge is 0.252 e. The van der Waals surface area contributed by atoms with Gasteiger partial charge in [-0.3, -0.25) is 9.69 Å². The third-order valence-corrected chi connectivity index (χ3v) is 9.68. The van der Waals surface area contributed by atoms with Gasteiger partial charge in [0.2, 0.25) is 5.91 Å². The number of carbonyl (C=O) groups excluding carboxylic acids is 1. The predicted molar refractivity (Wildman–Crippen MR) is 114 cm³/mol. The molecule has 1 aromatic rings. The molecule has 0 saturated carbocycles. The first-order valence-electron chi connectivity index (χ1n) is 10.8. The number of hydrogen-bond donors (Lipinski definition) is 0. The van der Waals surface area contributed by atoms with Gasteiger partial charge < -0.3 is 9.80 Å². The molecule has 3 saturated heterocycles. The normalized spacial score (nSPS) is 25.5. The third-order valence-electron chi connectivity index (χ3n) is 6.44. The minimum Gasteiger partial charge on any atom is -0.340 e. The SMILES string of the molecule is O=C([C@H]1CCCN(S(=O)(=O)c2cccs2)C1)N1CCN(CCN2CCCC2)CC1. The van der Waals surface area contributed by atoms with Crippen molar-refractivity contribution in [3.8, 4) is 0 Å². The highest BCUT2D eigenvalue weighted by atomic mass is 32.2. The number of sulfonamides is 1. The molecule has 0 unspecified atom stereocenters. The summed E-state index contributed by atoms with van der Waals surface area (Å²) in [5.74, 6) is -0.0788. The van der Waals surface area contributed by atoms with Crippen molar-refractivity contribution in [3.05, 3.63) is 17.5 Å². The van der Waals surface area contributed by atoms with Crippen LogP contribution < -0.4 is 0 Å². The van der Waals surface area contributed by atoms with Gasteiger partial charge in [-0.25, -0.2) is 8.42 Å². The lowest BCUT2D eigenvalue weighted by Gasteiger charge is -2.39. The highest BCUT2D eigenvalue weighted by Crippen LogP contribution is 2.27. The highest BCUT2D eigenvalue weighted by molar-refractivity contribution is 7.91. The van der Waals surface area contributed by atoms with Gasteiger partial charge in [0.05, 0.1) is 5.92 Å². The molecule has 0 aromatic carbocycles. The van der Waals surface area contributed by atoms with Crippen LogP contribution in [0.5, 0.6) is 0 Å². The molecule has 0 radical (unpaired) electrons. The zero-order valence-corrected chi connectivity index (χ0v) is 18.7. The second-order valence-corrected chi connectivity index (χ2v) is 11.5. The predicted octanol–water partition coefficient (Wildman–Crippen LogP) is 1.39. The molecule has 0 spiro atoms. The van der Waals surface area contributed by atoms with Gasteiger partial charge >= 0.3 is 0 Å². The fourth-order valence-corrected chi connectivity index (χ4v) is 7.31. The average molecular weight is 441 g/mol. The summed E-state index contributed by atoms with van der Waals surface area (Å²) < 4.78 is 27.5. The first kappa shape index (κ1) is 21.2. The molecule has 7 nitrogen and oxygen atoms in total. The Hall–Kier alpha value is -1.00. The van der Waals surface area contributed by atoms with E-state index in [0.29, 0.717) is 17.3 Å². The number of piperazine rings is 1. The van der Waals surface area contributed by atoms with Crippen LogP contribution in [-0.2, 0) is 14.8 Å². The van der Waals surface area contributed by atoms with Crippen molar-refractivity contribution in [3.63, 3.8) is 0 Å². The van der Waals surface area contributed by atoms with Crippen LogP contribution in [0, 0.1) is 5.92 Å². The summed E-state index contributed by atoms with van der Waals surface area (Å²) in [6.45, 7) is 8.84. The van der Waals surface area contributed by atoms with Crippen LogP contribution in [0.25, 0.3) is 0 Å². The highest BCUT2D eigenvalue weighted by Gasteiger charge is 2.36. The molecule has 3 aliphatic rings. The molecule has 1 atom stereocenters. The molecule has 0 aliphatic carbocycles. The Labute approximate surface area is 178 Å². The minimum atomic E-state index is -3.47. The third kappa shape index (κ3) is 5.02. The lowest BCUT2D eigenvalue weighted by Crippen LogP contribution is -2.53. The van der Waals surface area contributed by atoms with E-state index in [1.165, 1.54) is 41.6 Å². The number of hydrogen-bond acceptors (Lipinski definition) is 6. The molecule has 9 heteroatoms. The zero-order chi connectivity index (χ0) is 20.3. The number of thiophene rings is 1. The number of amides is 1. The van der Waals surface area contributed by atoms with Crippen LogP contribution in [0.15, 0.2) is 21.7 Å². The molecular weight excluding hydrogens is 408 g/mol. The molecule has 29 heavy (non-hydrogen) atoms. The van der Waals surface area contributed by atoms with E-state index in [0.717, 1.165) is 52.1 Å². The second-order valence-electron chi connectivity index (χ2n) is 8.35. The molecule has 1 aromatic heterocycles. The molecule has 4 heterocycles. The van der Waals surface area contributed by atoms with E-state index in [4.69, 9.17) is 0 Å². The van der Waals surface area contributed by atoms with Crippen molar-refractivity contribution in [2.45, 2.75) is 29.9 Å². The molecule has 4 rings (SSSR count). The number of nitrogens with zero attached hydrogens (tertiary/aromatic N) is 4. The molecule has 3 aliphatic heterocycles. The maximum Gasteiger partial charge on any atom is 0.252 e. The monoisotopic (exact) mass is 440 g/mol. The Bertz CT molecular complexity index is 770. The molecule has 3 fully saturated rings. The summed E-state index contributed by atoms with van der Waals surface area (Å²) in [5, 5.41) is 1.78. The van der Waals surface area contributed by atoms with E-state index in [1.54, 1.807) is 17.5 Å². The Balaban J connectivity index is 1.27. The lowest BCUT2D eigenvalue weighted by atomic mass is 9.98. The largest absolute Gasteiger partial charge is 0.340 e. The van der Waals surface area contributed by atoms with Gasteiger partial charge in [0, 0.05) is 52.4 Å². The fourth-order valence-electron chi connectivity index (χ4n) is 4.64. The molecular formula is C20H32N4O3S2. The average Bonchev–Trinajstić information content (AvgIpc) is 3.46. The standard InChI is InChI=1S/C20H32N4O3S2/c25-20(23-14-12-22(13-15-23)11-10-21-7-1-2-8-21)18-5-3-9-24(17-18)29(26,27)19-6-4-16-28-19/h4,6,16,18H,1-3,5,7-15,17H2/t18-/m0/s1.